The molecule has 0 bridgehead atoms. The summed E-state index contributed by atoms with van der Waals surface area (Å²) in [5, 5.41) is 11.7. The zero-order chi connectivity index (χ0) is 14.5. The molecule has 5 heteroatoms. The van der Waals surface area contributed by atoms with E-state index < -0.39 is 5.97 Å². The lowest BCUT2D eigenvalue weighted by Gasteiger charge is -2.30. The Morgan fingerprint density at radius 3 is 2.58 bits per heavy atom. The van der Waals surface area contributed by atoms with Crippen molar-refractivity contribution < 1.29 is 19.4 Å². The molecule has 1 amide bonds. The van der Waals surface area contributed by atoms with E-state index in [-0.39, 0.29) is 29.9 Å². The van der Waals surface area contributed by atoms with Crippen LogP contribution < -0.4 is 5.32 Å². The van der Waals surface area contributed by atoms with Gasteiger partial charge in [-0.3, -0.25) is 9.59 Å². The lowest BCUT2D eigenvalue weighted by molar-refractivity contribution is -0.138. The molecule has 1 heterocycles. The second kappa shape index (κ2) is 6.89. The number of hydrogen-bond donors (Lipinski definition) is 2. The fourth-order valence-electron chi connectivity index (χ4n) is 2.18. The van der Waals surface area contributed by atoms with Gasteiger partial charge in [-0.25, -0.2) is 0 Å². The highest BCUT2D eigenvalue weighted by Crippen LogP contribution is 2.22. The monoisotopic (exact) mass is 271 g/mol. The van der Waals surface area contributed by atoms with Crippen LogP contribution in [0.25, 0.3) is 0 Å². The average Bonchev–Trinajstić information content (AvgIpc) is 2.76. The molecular weight excluding hydrogens is 246 g/mol. The second-order valence-electron chi connectivity index (χ2n) is 6.26. The van der Waals surface area contributed by atoms with Crippen LogP contribution in [0.15, 0.2) is 0 Å². The van der Waals surface area contributed by atoms with Crippen molar-refractivity contribution in [3.05, 3.63) is 0 Å². The number of carboxylic acid groups (broad SMARTS) is 1. The third kappa shape index (κ3) is 6.05. The first-order valence-corrected chi connectivity index (χ1v) is 6.92. The molecule has 5 nitrogen and oxygen atoms in total. The SMILES string of the molecule is CC(C)(C)C(CC(=O)O)NC(=O)CCC1CCCO1. The maximum Gasteiger partial charge on any atom is 0.305 e. The fourth-order valence-corrected chi connectivity index (χ4v) is 2.18. The Labute approximate surface area is 114 Å². The normalized spacial score (nSPS) is 21.1. The van der Waals surface area contributed by atoms with Gasteiger partial charge in [0, 0.05) is 19.1 Å². The Morgan fingerprint density at radius 2 is 2.11 bits per heavy atom. The van der Waals surface area contributed by atoms with Crippen molar-refractivity contribution in [2.75, 3.05) is 6.61 Å². The predicted octanol–water partition coefficient (Wildman–Crippen LogP) is 1.95. The van der Waals surface area contributed by atoms with Crippen LogP contribution in [0.1, 0.15) is 52.9 Å². The summed E-state index contributed by atoms with van der Waals surface area (Å²) in [7, 11) is 0. The van der Waals surface area contributed by atoms with E-state index in [1.54, 1.807) is 0 Å². The van der Waals surface area contributed by atoms with Gasteiger partial charge in [0.05, 0.1) is 12.5 Å². The van der Waals surface area contributed by atoms with Crippen molar-refractivity contribution in [3.63, 3.8) is 0 Å². The van der Waals surface area contributed by atoms with Gasteiger partial charge in [-0.15, -0.1) is 0 Å². The van der Waals surface area contributed by atoms with Crippen LogP contribution in [0.4, 0.5) is 0 Å². The summed E-state index contributed by atoms with van der Waals surface area (Å²) in [4.78, 5) is 22.7. The quantitative estimate of drug-likeness (QED) is 0.774. The number of carboxylic acids is 1. The second-order valence-corrected chi connectivity index (χ2v) is 6.26. The summed E-state index contributed by atoms with van der Waals surface area (Å²) in [5.74, 6) is -0.976. The fraction of sp³-hybridized carbons (Fsp3) is 0.857. The van der Waals surface area contributed by atoms with E-state index in [9.17, 15) is 9.59 Å². The minimum absolute atomic E-state index is 0.0465. The number of carbonyl (C=O) groups excluding carboxylic acids is 1. The molecule has 19 heavy (non-hydrogen) atoms. The van der Waals surface area contributed by atoms with Crippen LogP contribution in [-0.4, -0.2) is 35.7 Å². The smallest absolute Gasteiger partial charge is 0.305 e. The van der Waals surface area contributed by atoms with Gasteiger partial charge in [0.2, 0.25) is 5.91 Å². The van der Waals surface area contributed by atoms with Crippen LogP contribution in [0.5, 0.6) is 0 Å². The summed E-state index contributed by atoms with van der Waals surface area (Å²) in [6, 6.07) is -0.345. The van der Waals surface area contributed by atoms with Crippen molar-refractivity contribution in [2.45, 2.75) is 65.0 Å². The van der Waals surface area contributed by atoms with Gasteiger partial charge in [0.1, 0.15) is 0 Å². The van der Waals surface area contributed by atoms with Crippen LogP contribution in [0, 0.1) is 5.41 Å². The van der Waals surface area contributed by atoms with Crippen LogP contribution in [0.2, 0.25) is 0 Å². The molecule has 0 aromatic carbocycles. The van der Waals surface area contributed by atoms with Gasteiger partial charge in [-0.05, 0) is 24.7 Å². The Hall–Kier alpha value is -1.10. The van der Waals surface area contributed by atoms with Crippen LogP contribution >= 0.6 is 0 Å². The largest absolute Gasteiger partial charge is 0.481 e. The van der Waals surface area contributed by atoms with Crippen molar-refractivity contribution >= 4 is 11.9 Å². The molecule has 2 atom stereocenters. The highest BCUT2D eigenvalue weighted by Gasteiger charge is 2.28. The maximum absolute atomic E-state index is 11.9. The van der Waals surface area contributed by atoms with Gasteiger partial charge < -0.3 is 15.2 Å². The zero-order valence-electron chi connectivity index (χ0n) is 12.1. The Morgan fingerprint density at radius 1 is 1.42 bits per heavy atom. The van der Waals surface area contributed by atoms with Gasteiger partial charge >= 0.3 is 5.97 Å². The van der Waals surface area contributed by atoms with E-state index in [2.05, 4.69) is 5.32 Å². The van der Waals surface area contributed by atoms with Crippen LogP contribution in [-0.2, 0) is 14.3 Å². The standard InChI is InChI=1S/C14H25NO4/c1-14(2,3)11(9-13(17)18)15-12(16)7-6-10-5-4-8-19-10/h10-11H,4-9H2,1-3H3,(H,15,16)(H,17,18). The molecule has 0 saturated carbocycles. The van der Waals surface area contributed by atoms with Crippen LogP contribution in [0.3, 0.4) is 0 Å². The molecule has 110 valence electrons. The summed E-state index contributed by atoms with van der Waals surface area (Å²) in [6.45, 7) is 6.58. The van der Waals surface area contributed by atoms with E-state index in [1.165, 1.54) is 0 Å². The number of hydrogen-bond acceptors (Lipinski definition) is 3. The first-order chi connectivity index (χ1) is 8.79. The molecule has 1 aliphatic heterocycles. The Balaban J connectivity index is 2.39. The molecule has 2 unspecified atom stereocenters. The van der Waals surface area contributed by atoms with E-state index in [1.807, 2.05) is 20.8 Å². The Kier molecular flexibility index (Phi) is 5.79. The molecule has 1 saturated heterocycles. The number of amides is 1. The van der Waals surface area contributed by atoms with Gasteiger partial charge in [-0.1, -0.05) is 20.8 Å². The van der Waals surface area contributed by atoms with Crippen molar-refractivity contribution in [2.24, 2.45) is 5.41 Å². The van der Waals surface area contributed by atoms with Gasteiger partial charge in [0.15, 0.2) is 0 Å². The first kappa shape index (κ1) is 16.0. The predicted molar refractivity (Wildman–Crippen MR) is 71.8 cm³/mol. The summed E-state index contributed by atoms with van der Waals surface area (Å²) >= 11 is 0. The molecule has 1 fully saturated rings. The molecular formula is C14H25NO4. The number of carbonyl (C=O) groups is 2. The van der Waals surface area contributed by atoms with E-state index in [0.717, 1.165) is 25.9 Å². The van der Waals surface area contributed by atoms with Gasteiger partial charge in [0.25, 0.3) is 0 Å². The molecule has 0 spiro atoms. The van der Waals surface area contributed by atoms with Crippen molar-refractivity contribution in [3.8, 4) is 0 Å². The third-order valence-corrected chi connectivity index (χ3v) is 3.48. The molecule has 0 aromatic heterocycles. The molecule has 1 aliphatic rings. The topological polar surface area (TPSA) is 75.6 Å². The summed E-state index contributed by atoms with van der Waals surface area (Å²) in [6.07, 6.45) is 3.35. The number of aliphatic carboxylic acids is 1. The third-order valence-electron chi connectivity index (χ3n) is 3.48. The molecule has 0 aromatic rings. The average molecular weight is 271 g/mol. The Bertz CT molecular complexity index is 316. The highest BCUT2D eigenvalue weighted by atomic mass is 16.5. The lowest BCUT2D eigenvalue weighted by atomic mass is 9.84. The lowest BCUT2D eigenvalue weighted by Crippen LogP contribution is -2.45. The number of nitrogens with one attached hydrogen (secondary N) is 1. The van der Waals surface area contributed by atoms with E-state index in [0.29, 0.717) is 6.42 Å². The van der Waals surface area contributed by atoms with Gasteiger partial charge in [-0.2, -0.15) is 0 Å². The van der Waals surface area contributed by atoms with E-state index >= 15 is 0 Å². The maximum atomic E-state index is 11.9. The molecule has 2 N–H and O–H groups in total. The number of rotatable bonds is 6. The van der Waals surface area contributed by atoms with Crippen molar-refractivity contribution in [1.82, 2.24) is 5.32 Å². The van der Waals surface area contributed by atoms with Crippen molar-refractivity contribution in [1.29, 1.82) is 0 Å². The minimum Gasteiger partial charge on any atom is -0.481 e. The summed E-state index contributed by atoms with van der Waals surface area (Å²) < 4.78 is 5.47. The first-order valence-electron chi connectivity index (χ1n) is 6.92. The molecule has 1 rings (SSSR count). The number of ether oxygens (including phenoxy) is 1. The highest BCUT2D eigenvalue weighted by molar-refractivity contribution is 5.77. The minimum atomic E-state index is -0.889. The zero-order valence-corrected chi connectivity index (χ0v) is 12.1. The summed E-state index contributed by atoms with van der Waals surface area (Å²) in [5.41, 5.74) is -0.266. The molecule has 0 aliphatic carbocycles. The van der Waals surface area contributed by atoms with E-state index in [4.69, 9.17) is 9.84 Å². The molecule has 0 radical (unpaired) electrons.